The summed E-state index contributed by atoms with van der Waals surface area (Å²) < 4.78 is 0.291. The van der Waals surface area contributed by atoms with Crippen molar-refractivity contribution < 1.29 is 24.4 Å². The van der Waals surface area contributed by atoms with Gasteiger partial charge in [-0.25, -0.2) is 9.59 Å². The molecule has 210 valence electrons. The average Bonchev–Trinajstić information content (AvgIpc) is 3.18. The number of pyridine rings is 1. The predicted octanol–water partition coefficient (Wildman–Crippen LogP) is 4.93. The summed E-state index contributed by atoms with van der Waals surface area (Å²) in [5, 5.41) is 25.4. The zero-order valence-corrected chi connectivity index (χ0v) is 24.0. The number of rotatable bonds is 10. The van der Waals surface area contributed by atoms with Crippen LogP contribution in [0.3, 0.4) is 0 Å². The first-order chi connectivity index (χ1) is 18.9. The second kappa shape index (κ2) is 11.6. The Balaban J connectivity index is 1.80. The van der Waals surface area contributed by atoms with Gasteiger partial charge in [-0.1, -0.05) is 29.4 Å². The minimum absolute atomic E-state index is 0.00110. The Labute approximate surface area is 235 Å². The standard InChI is InChI=1S/C31H37N5O4/c1-20(2)36(6)22(4)28(27(33-36)13-15-34(5)18-23-11-8-7-10-21(23)3)29-26(31(39)40)16-24(30(37)38)19-35(29)25-12-9-14-32-17-25/h7-12,14,17,19-20H,13,15-16,18H2,1-6H3,(H-,37,38,39,40)/p+1. The van der Waals surface area contributed by atoms with Crippen molar-refractivity contribution in [3.8, 4) is 0 Å². The lowest BCUT2D eigenvalue weighted by atomic mass is 9.91. The first-order valence-electron chi connectivity index (χ1n) is 13.4. The van der Waals surface area contributed by atoms with Crippen LogP contribution in [0.15, 0.2) is 88.2 Å². The number of nitrogens with zero attached hydrogens (tertiary/aromatic N) is 5. The Morgan fingerprint density at radius 1 is 1.10 bits per heavy atom. The van der Waals surface area contributed by atoms with E-state index in [0.717, 1.165) is 23.5 Å². The van der Waals surface area contributed by atoms with E-state index in [-0.39, 0.29) is 23.6 Å². The monoisotopic (exact) mass is 544 g/mol. The molecule has 2 aliphatic rings. The van der Waals surface area contributed by atoms with Crippen molar-refractivity contribution in [2.24, 2.45) is 5.10 Å². The van der Waals surface area contributed by atoms with Gasteiger partial charge in [-0.2, -0.15) is 4.59 Å². The van der Waals surface area contributed by atoms with E-state index in [1.54, 1.807) is 29.4 Å². The maximum Gasteiger partial charge on any atom is 0.334 e. The normalized spacial score (nSPS) is 19.4. The first kappa shape index (κ1) is 28.9. The minimum Gasteiger partial charge on any atom is -0.478 e. The smallest absolute Gasteiger partial charge is 0.334 e. The molecule has 4 rings (SSSR count). The second-order valence-electron chi connectivity index (χ2n) is 10.9. The molecule has 2 N–H and O–H groups in total. The van der Waals surface area contributed by atoms with Crippen LogP contribution in [0.5, 0.6) is 0 Å². The van der Waals surface area contributed by atoms with Crippen molar-refractivity contribution in [2.45, 2.75) is 53.1 Å². The second-order valence-corrected chi connectivity index (χ2v) is 10.9. The van der Waals surface area contributed by atoms with Crippen LogP contribution in [0.25, 0.3) is 0 Å². The lowest BCUT2D eigenvalue weighted by Crippen LogP contribution is -2.41. The van der Waals surface area contributed by atoms with Crippen molar-refractivity contribution in [1.82, 2.24) is 9.88 Å². The number of aryl methyl sites for hydroxylation is 1. The van der Waals surface area contributed by atoms with Crippen molar-refractivity contribution in [1.29, 1.82) is 0 Å². The van der Waals surface area contributed by atoms with Crippen molar-refractivity contribution >= 4 is 23.3 Å². The molecule has 0 radical (unpaired) electrons. The maximum absolute atomic E-state index is 12.7. The molecule has 1 atom stereocenters. The highest BCUT2D eigenvalue weighted by Crippen LogP contribution is 2.42. The summed E-state index contributed by atoms with van der Waals surface area (Å²) in [5.74, 6) is -2.31. The van der Waals surface area contributed by atoms with Gasteiger partial charge in [-0.15, -0.1) is 0 Å². The van der Waals surface area contributed by atoms with Crippen LogP contribution in [0, 0.1) is 6.92 Å². The highest BCUT2D eigenvalue weighted by molar-refractivity contribution is 6.09. The largest absolute Gasteiger partial charge is 0.478 e. The van der Waals surface area contributed by atoms with Crippen molar-refractivity contribution in [2.75, 3.05) is 25.5 Å². The summed E-state index contributed by atoms with van der Waals surface area (Å²) in [4.78, 5) is 32.8. The highest BCUT2D eigenvalue weighted by Gasteiger charge is 2.44. The van der Waals surface area contributed by atoms with Gasteiger partial charge in [0, 0.05) is 45.3 Å². The number of aromatic nitrogens is 1. The molecule has 0 saturated carbocycles. The van der Waals surface area contributed by atoms with Crippen LogP contribution in [-0.2, 0) is 16.1 Å². The van der Waals surface area contributed by atoms with Gasteiger partial charge >= 0.3 is 11.9 Å². The van der Waals surface area contributed by atoms with Crippen LogP contribution >= 0.6 is 0 Å². The lowest BCUT2D eigenvalue weighted by Gasteiger charge is -2.32. The number of carboxylic acids is 2. The van der Waals surface area contributed by atoms with E-state index >= 15 is 0 Å². The third kappa shape index (κ3) is 5.61. The summed E-state index contributed by atoms with van der Waals surface area (Å²) >= 11 is 0. The molecule has 40 heavy (non-hydrogen) atoms. The summed E-state index contributed by atoms with van der Waals surface area (Å²) in [5.41, 5.74) is 6.02. The molecule has 0 aliphatic carbocycles. The maximum atomic E-state index is 12.7. The van der Waals surface area contributed by atoms with Crippen LogP contribution < -0.4 is 4.90 Å². The number of carbonyl (C=O) groups is 2. The molecule has 9 heteroatoms. The third-order valence-corrected chi connectivity index (χ3v) is 7.97. The van der Waals surface area contributed by atoms with E-state index in [2.05, 4.69) is 49.8 Å². The topological polar surface area (TPSA) is 106 Å². The van der Waals surface area contributed by atoms with Gasteiger partial charge in [0.25, 0.3) is 0 Å². The van der Waals surface area contributed by atoms with E-state index in [9.17, 15) is 19.8 Å². The number of benzene rings is 1. The Hall–Kier alpha value is -4.08. The molecule has 1 aromatic heterocycles. The molecule has 0 amide bonds. The molecule has 1 unspecified atom stereocenters. The van der Waals surface area contributed by atoms with Crippen molar-refractivity contribution in [3.63, 3.8) is 0 Å². The van der Waals surface area contributed by atoms with E-state index in [4.69, 9.17) is 5.10 Å². The van der Waals surface area contributed by atoms with Gasteiger partial charge in [-0.05, 0) is 51.1 Å². The van der Waals surface area contributed by atoms with Crippen LogP contribution in [0.2, 0.25) is 0 Å². The number of carboxylic acid groups (broad SMARTS) is 2. The fraction of sp³-hybridized carbons (Fsp3) is 0.355. The lowest BCUT2D eigenvalue weighted by molar-refractivity contribution is -0.898. The van der Waals surface area contributed by atoms with Gasteiger partial charge in [0.05, 0.1) is 41.3 Å². The fourth-order valence-corrected chi connectivity index (χ4v) is 5.22. The Bertz CT molecular complexity index is 1440. The molecule has 9 nitrogen and oxygen atoms in total. The molecule has 0 spiro atoms. The Morgan fingerprint density at radius 2 is 1.82 bits per heavy atom. The zero-order valence-electron chi connectivity index (χ0n) is 24.0. The van der Waals surface area contributed by atoms with E-state index in [1.165, 1.54) is 17.3 Å². The number of allylic oxidation sites excluding steroid dienone is 2. The molecule has 3 heterocycles. The highest BCUT2D eigenvalue weighted by atomic mass is 16.4. The molecule has 0 bridgehead atoms. The van der Waals surface area contributed by atoms with E-state index in [0.29, 0.717) is 28.9 Å². The van der Waals surface area contributed by atoms with Gasteiger partial charge in [-0.3, -0.25) is 4.98 Å². The molecule has 2 aromatic rings. The van der Waals surface area contributed by atoms with Crippen LogP contribution in [0.1, 0.15) is 44.7 Å². The SMILES string of the molecule is CC1=C(C2=C(C(=O)O)CC(C(=O)O)=CN2c2cccnc2)C(CCN(C)Cc2ccccc2C)=N[N+]1(C)C(C)C. The number of quaternary nitrogens is 1. The average molecular weight is 545 g/mol. The van der Waals surface area contributed by atoms with Crippen LogP contribution in [-0.4, -0.2) is 69.0 Å². The van der Waals surface area contributed by atoms with Crippen molar-refractivity contribution in [3.05, 3.63) is 94.2 Å². The van der Waals surface area contributed by atoms with E-state index < -0.39 is 11.9 Å². The fourth-order valence-electron chi connectivity index (χ4n) is 5.22. The number of hydrogen-bond acceptors (Lipinski definition) is 6. The van der Waals surface area contributed by atoms with Gasteiger partial charge in [0.15, 0.2) is 0 Å². The molecule has 1 aromatic carbocycles. The molecule has 0 saturated heterocycles. The van der Waals surface area contributed by atoms with E-state index in [1.807, 2.05) is 26.1 Å². The third-order valence-electron chi connectivity index (χ3n) is 7.97. The Morgan fingerprint density at radius 3 is 2.42 bits per heavy atom. The molecule has 0 fully saturated rings. The summed E-state index contributed by atoms with van der Waals surface area (Å²) in [6.07, 6.45) is 5.15. The minimum atomic E-state index is -1.15. The Kier molecular flexibility index (Phi) is 8.37. The number of hydrogen-bond donors (Lipinski definition) is 2. The zero-order chi connectivity index (χ0) is 29.2. The molecular formula is C31H38N5O4+. The molecular weight excluding hydrogens is 506 g/mol. The van der Waals surface area contributed by atoms with Gasteiger partial charge in [0.2, 0.25) is 0 Å². The summed E-state index contributed by atoms with van der Waals surface area (Å²) in [6, 6.07) is 12.0. The quantitative estimate of drug-likeness (QED) is 0.409. The van der Waals surface area contributed by atoms with Gasteiger partial charge in [0.1, 0.15) is 17.5 Å². The van der Waals surface area contributed by atoms with Gasteiger partial charge < -0.3 is 20.0 Å². The van der Waals surface area contributed by atoms with Crippen LogP contribution in [0.4, 0.5) is 5.69 Å². The molecule has 2 aliphatic heterocycles. The number of anilines is 1. The number of aliphatic carboxylic acids is 2. The summed E-state index contributed by atoms with van der Waals surface area (Å²) in [6.45, 7) is 9.77. The summed E-state index contributed by atoms with van der Waals surface area (Å²) in [7, 11) is 4.10. The first-order valence-corrected chi connectivity index (χ1v) is 13.4. The predicted molar refractivity (Wildman–Crippen MR) is 155 cm³/mol.